The third kappa shape index (κ3) is 4.00. The molecule has 136 valence electrons. The Morgan fingerprint density at radius 3 is 2.35 bits per heavy atom. The van der Waals surface area contributed by atoms with Crippen molar-refractivity contribution in [1.82, 2.24) is 5.32 Å². The van der Waals surface area contributed by atoms with E-state index < -0.39 is 9.84 Å². The fourth-order valence-electron chi connectivity index (χ4n) is 3.80. The first-order chi connectivity index (χ1) is 12.6. The zero-order chi connectivity index (χ0) is 18.0. The van der Waals surface area contributed by atoms with E-state index in [1.54, 1.807) is 6.08 Å². The highest BCUT2D eigenvalue weighted by Crippen LogP contribution is 2.27. The van der Waals surface area contributed by atoms with Crippen LogP contribution in [0.5, 0.6) is 0 Å². The average molecular weight is 369 g/mol. The fraction of sp³-hybridized carbons (Fsp3) is 0.333. The van der Waals surface area contributed by atoms with E-state index in [9.17, 15) is 8.42 Å². The van der Waals surface area contributed by atoms with E-state index in [1.165, 1.54) is 22.2 Å². The molecule has 4 rings (SSSR count). The highest BCUT2D eigenvalue weighted by molar-refractivity contribution is 7.94. The second-order valence-electron chi connectivity index (χ2n) is 7.11. The van der Waals surface area contributed by atoms with Crippen molar-refractivity contribution < 1.29 is 8.42 Å². The second kappa shape index (κ2) is 7.25. The maximum absolute atomic E-state index is 11.5. The maximum atomic E-state index is 11.5. The van der Waals surface area contributed by atoms with Crippen LogP contribution in [0, 0.1) is 0 Å². The molecule has 0 radical (unpaired) electrons. The lowest BCUT2D eigenvalue weighted by atomic mass is 10.0. The minimum Gasteiger partial charge on any atom is -0.371 e. The quantitative estimate of drug-likeness (QED) is 0.900. The van der Waals surface area contributed by atoms with Crippen molar-refractivity contribution in [2.45, 2.75) is 24.9 Å². The average Bonchev–Trinajstić information content (AvgIpc) is 3.01. The van der Waals surface area contributed by atoms with Crippen molar-refractivity contribution in [2.75, 3.05) is 23.7 Å². The minimum atomic E-state index is -2.98. The molecule has 0 aliphatic carbocycles. The molecule has 0 spiro atoms. The topological polar surface area (TPSA) is 49.4 Å². The lowest BCUT2D eigenvalue weighted by Gasteiger charge is -2.35. The molecular weight excluding hydrogens is 344 g/mol. The monoisotopic (exact) mass is 368 g/mol. The Balaban J connectivity index is 1.37. The Kier molecular flexibility index (Phi) is 4.83. The van der Waals surface area contributed by atoms with Gasteiger partial charge in [-0.05, 0) is 36.1 Å². The summed E-state index contributed by atoms with van der Waals surface area (Å²) < 4.78 is 23.1. The Morgan fingerprint density at radius 2 is 1.65 bits per heavy atom. The second-order valence-corrected chi connectivity index (χ2v) is 9.04. The molecule has 0 saturated carbocycles. The summed E-state index contributed by atoms with van der Waals surface area (Å²) in [6.07, 6.45) is 3.84. The lowest BCUT2D eigenvalue weighted by Crippen LogP contribution is -2.46. The van der Waals surface area contributed by atoms with E-state index in [1.807, 2.05) is 6.07 Å². The molecule has 0 bridgehead atoms. The third-order valence-corrected chi connectivity index (χ3v) is 6.59. The predicted octanol–water partition coefficient (Wildman–Crippen LogP) is 3.22. The van der Waals surface area contributed by atoms with E-state index in [2.05, 4.69) is 58.7 Å². The normalized spacial score (nSPS) is 22.6. The van der Waals surface area contributed by atoms with Gasteiger partial charge in [0.2, 0.25) is 0 Å². The maximum Gasteiger partial charge on any atom is 0.173 e. The molecule has 2 heterocycles. The summed E-state index contributed by atoms with van der Waals surface area (Å²) in [6.45, 7) is 1.97. The molecule has 2 aliphatic heterocycles. The lowest BCUT2D eigenvalue weighted by molar-refractivity contribution is 0.401. The first-order valence-corrected chi connectivity index (χ1v) is 10.9. The van der Waals surface area contributed by atoms with Crippen LogP contribution >= 0.6 is 0 Å². The van der Waals surface area contributed by atoms with E-state index >= 15 is 0 Å². The number of nitrogens with one attached hydrogen (secondary N) is 1. The van der Waals surface area contributed by atoms with Gasteiger partial charge in [-0.25, -0.2) is 8.42 Å². The smallest absolute Gasteiger partial charge is 0.173 e. The molecule has 1 saturated heterocycles. The van der Waals surface area contributed by atoms with Gasteiger partial charge in [0, 0.05) is 36.3 Å². The number of nitrogens with zero attached hydrogens (tertiary/aromatic N) is 1. The molecular formula is C21H24N2O2S. The summed E-state index contributed by atoms with van der Waals surface area (Å²) >= 11 is 0. The molecule has 26 heavy (non-hydrogen) atoms. The van der Waals surface area contributed by atoms with E-state index in [4.69, 9.17) is 0 Å². The van der Waals surface area contributed by atoms with Gasteiger partial charge in [0.05, 0.1) is 5.75 Å². The highest BCUT2D eigenvalue weighted by Gasteiger charge is 2.26. The van der Waals surface area contributed by atoms with Crippen LogP contribution in [0.4, 0.5) is 5.69 Å². The molecule has 1 atom stereocenters. The third-order valence-electron chi connectivity index (χ3n) is 5.19. The van der Waals surface area contributed by atoms with Crippen molar-refractivity contribution in [3.05, 3.63) is 66.1 Å². The number of sulfone groups is 1. The van der Waals surface area contributed by atoms with Gasteiger partial charge in [0.15, 0.2) is 9.84 Å². The molecule has 4 nitrogen and oxygen atoms in total. The van der Waals surface area contributed by atoms with Gasteiger partial charge in [0.1, 0.15) is 0 Å². The van der Waals surface area contributed by atoms with E-state index in [0.717, 1.165) is 25.9 Å². The summed E-state index contributed by atoms with van der Waals surface area (Å²) in [5, 5.41) is 4.83. The molecule has 0 unspecified atom stereocenters. The molecule has 1 fully saturated rings. The van der Waals surface area contributed by atoms with Crippen LogP contribution in [0.1, 0.15) is 12.8 Å². The van der Waals surface area contributed by atoms with Gasteiger partial charge >= 0.3 is 0 Å². The van der Waals surface area contributed by atoms with Crippen LogP contribution in [0.3, 0.4) is 0 Å². The van der Waals surface area contributed by atoms with Crippen molar-refractivity contribution in [3.63, 3.8) is 0 Å². The summed E-state index contributed by atoms with van der Waals surface area (Å²) in [6, 6.07) is 19.5. The van der Waals surface area contributed by atoms with Gasteiger partial charge in [-0.15, -0.1) is 0 Å². The van der Waals surface area contributed by atoms with Crippen LogP contribution in [0.2, 0.25) is 0 Å². The SMILES string of the molecule is O=S1(=O)C=C[C@@H](NC2CCN(c3cccc(-c4ccccc4)c3)CC2)C1. The Bertz CT molecular complexity index is 885. The zero-order valence-corrected chi connectivity index (χ0v) is 15.5. The zero-order valence-electron chi connectivity index (χ0n) is 14.7. The summed E-state index contributed by atoms with van der Waals surface area (Å²) in [7, 11) is -2.98. The predicted molar refractivity (Wildman–Crippen MR) is 107 cm³/mol. The van der Waals surface area contributed by atoms with Gasteiger partial charge < -0.3 is 10.2 Å². The van der Waals surface area contributed by atoms with Crippen molar-refractivity contribution in [3.8, 4) is 11.1 Å². The Morgan fingerprint density at radius 1 is 0.923 bits per heavy atom. The largest absolute Gasteiger partial charge is 0.371 e. The summed E-state index contributed by atoms with van der Waals surface area (Å²) in [5.41, 5.74) is 3.73. The van der Waals surface area contributed by atoms with Crippen LogP contribution < -0.4 is 10.2 Å². The standard InChI is InChI=1S/C21H24N2O2S/c24-26(25)14-11-20(16-26)22-19-9-12-23(13-10-19)21-8-4-7-18(15-21)17-5-2-1-3-6-17/h1-8,11,14-15,19-20,22H,9-10,12-13,16H2/t20-/m1/s1. The minimum absolute atomic E-state index is 0.0297. The van der Waals surface area contributed by atoms with Crippen molar-refractivity contribution >= 4 is 15.5 Å². The van der Waals surface area contributed by atoms with Crippen LogP contribution in [-0.2, 0) is 9.84 Å². The van der Waals surface area contributed by atoms with Crippen LogP contribution in [0.15, 0.2) is 66.1 Å². The molecule has 0 aromatic heterocycles. The number of anilines is 1. The molecule has 0 amide bonds. The first kappa shape index (κ1) is 17.3. The summed E-state index contributed by atoms with van der Waals surface area (Å²) in [5.74, 6) is 0.201. The Labute approximate surface area is 155 Å². The van der Waals surface area contributed by atoms with Gasteiger partial charge in [-0.1, -0.05) is 48.5 Å². The van der Waals surface area contributed by atoms with E-state index in [-0.39, 0.29) is 11.8 Å². The molecule has 2 aliphatic rings. The Hall–Kier alpha value is -2.11. The molecule has 5 heteroatoms. The number of piperidine rings is 1. The van der Waals surface area contributed by atoms with Gasteiger partial charge in [-0.2, -0.15) is 0 Å². The van der Waals surface area contributed by atoms with Crippen LogP contribution in [-0.4, -0.2) is 39.3 Å². The number of hydrogen-bond donors (Lipinski definition) is 1. The van der Waals surface area contributed by atoms with E-state index in [0.29, 0.717) is 6.04 Å². The summed E-state index contributed by atoms with van der Waals surface area (Å²) in [4.78, 5) is 2.42. The number of benzene rings is 2. The number of rotatable bonds is 4. The fourth-order valence-corrected chi connectivity index (χ4v) is 5.05. The molecule has 2 aromatic rings. The molecule has 1 N–H and O–H groups in total. The highest BCUT2D eigenvalue weighted by atomic mass is 32.2. The van der Waals surface area contributed by atoms with Gasteiger partial charge in [0.25, 0.3) is 0 Å². The first-order valence-electron chi connectivity index (χ1n) is 9.16. The van der Waals surface area contributed by atoms with Gasteiger partial charge in [-0.3, -0.25) is 0 Å². The molecule has 2 aromatic carbocycles. The number of hydrogen-bond acceptors (Lipinski definition) is 4. The van der Waals surface area contributed by atoms with Crippen molar-refractivity contribution in [1.29, 1.82) is 0 Å². The van der Waals surface area contributed by atoms with Crippen molar-refractivity contribution in [2.24, 2.45) is 0 Å². The van der Waals surface area contributed by atoms with Crippen LogP contribution in [0.25, 0.3) is 11.1 Å².